The number of hydrogen-bond donors (Lipinski definition) is 1. The minimum absolute atomic E-state index is 0.102. The van der Waals surface area contributed by atoms with Crippen molar-refractivity contribution in [3.63, 3.8) is 0 Å². The van der Waals surface area contributed by atoms with Crippen LogP contribution in [-0.2, 0) is 24.4 Å². The first-order valence-electron chi connectivity index (χ1n) is 12.6. The van der Waals surface area contributed by atoms with Crippen molar-refractivity contribution in [1.82, 2.24) is 4.90 Å². The Morgan fingerprint density at radius 1 is 0.889 bits per heavy atom. The second-order valence-electron chi connectivity index (χ2n) is 9.44. The van der Waals surface area contributed by atoms with E-state index in [-0.39, 0.29) is 11.8 Å². The fraction of sp³-hybridized carbons (Fsp3) is 0.219. The van der Waals surface area contributed by atoms with E-state index in [0.29, 0.717) is 6.61 Å². The minimum Gasteiger partial charge on any atom is -0.487 e. The highest BCUT2D eigenvalue weighted by molar-refractivity contribution is 5.90. The molecule has 1 atom stereocenters. The van der Waals surface area contributed by atoms with Crippen molar-refractivity contribution in [3.8, 4) is 5.75 Å². The summed E-state index contributed by atoms with van der Waals surface area (Å²) in [6, 6.07) is 35.7. The van der Waals surface area contributed by atoms with Gasteiger partial charge >= 0.3 is 0 Å². The average Bonchev–Trinajstić information content (AvgIpc) is 3.08. The van der Waals surface area contributed by atoms with Gasteiger partial charge < -0.3 is 10.1 Å². The number of ether oxygens (including phenoxy) is 1. The lowest BCUT2D eigenvalue weighted by Gasteiger charge is -2.26. The Bertz CT molecular complexity index is 1290. The van der Waals surface area contributed by atoms with E-state index in [4.69, 9.17) is 4.74 Å². The lowest BCUT2D eigenvalue weighted by molar-refractivity contribution is -0.114. The molecule has 1 unspecified atom stereocenters. The molecule has 0 aliphatic carbocycles. The van der Waals surface area contributed by atoms with E-state index < -0.39 is 0 Å². The summed E-state index contributed by atoms with van der Waals surface area (Å²) in [5.74, 6) is 0.814. The first-order chi connectivity index (χ1) is 17.7. The molecule has 0 spiro atoms. The molecule has 1 aliphatic rings. The van der Waals surface area contributed by atoms with Crippen LogP contribution in [0.3, 0.4) is 0 Å². The third-order valence-corrected chi connectivity index (χ3v) is 6.75. The van der Waals surface area contributed by atoms with Gasteiger partial charge in [0.25, 0.3) is 0 Å². The molecular weight excluding hydrogens is 444 g/mol. The number of fused-ring (bicyclic) bond motifs is 1. The van der Waals surface area contributed by atoms with Gasteiger partial charge in [-0.25, -0.2) is 0 Å². The van der Waals surface area contributed by atoms with E-state index >= 15 is 0 Å². The number of carbonyl (C=O) groups is 1. The van der Waals surface area contributed by atoms with Gasteiger partial charge in [-0.2, -0.15) is 0 Å². The van der Waals surface area contributed by atoms with E-state index in [1.165, 1.54) is 22.3 Å². The maximum atomic E-state index is 12.1. The molecule has 4 heteroatoms. The maximum absolute atomic E-state index is 12.1. The number of rotatable bonds is 7. The van der Waals surface area contributed by atoms with E-state index in [1.54, 1.807) is 6.92 Å². The normalized spacial score (nSPS) is 15.5. The highest BCUT2D eigenvalue weighted by atomic mass is 16.5. The van der Waals surface area contributed by atoms with Gasteiger partial charge in [0.15, 0.2) is 0 Å². The van der Waals surface area contributed by atoms with Gasteiger partial charge in [0.1, 0.15) is 12.4 Å². The lowest BCUT2D eigenvalue weighted by atomic mass is 9.87. The topological polar surface area (TPSA) is 41.6 Å². The molecule has 0 fully saturated rings. The smallest absolute Gasteiger partial charge is 0.221 e. The van der Waals surface area contributed by atoms with Gasteiger partial charge in [-0.3, -0.25) is 9.69 Å². The average molecular weight is 477 g/mol. The second kappa shape index (κ2) is 11.2. The Balaban J connectivity index is 1.51. The molecule has 0 saturated carbocycles. The first kappa shape index (κ1) is 23.8. The number of nitrogens with zero attached hydrogens (tertiary/aromatic N) is 1. The number of benzene rings is 4. The van der Waals surface area contributed by atoms with E-state index in [1.807, 2.05) is 18.2 Å². The van der Waals surface area contributed by atoms with Crippen LogP contribution in [-0.4, -0.2) is 23.9 Å². The van der Waals surface area contributed by atoms with Crippen LogP contribution >= 0.6 is 0 Å². The summed E-state index contributed by atoms with van der Waals surface area (Å²) < 4.78 is 6.27. The van der Waals surface area contributed by atoms with Crippen LogP contribution in [0.25, 0.3) is 0 Å². The third kappa shape index (κ3) is 5.84. The SMILES string of the molecule is CC(=O)Nc1cc2c(cc1OCc1ccccc1)CCN(Cc1ccccc1)CC2c1ccccc1. The van der Waals surface area contributed by atoms with Crippen molar-refractivity contribution in [2.45, 2.75) is 32.4 Å². The number of anilines is 1. The Morgan fingerprint density at radius 3 is 2.19 bits per heavy atom. The summed E-state index contributed by atoms with van der Waals surface area (Å²) in [5, 5.41) is 3.03. The van der Waals surface area contributed by atoms with Crippen molar-refractivity contribution in [3.05, 3.63) is 131 Å². The molecule has 5 rings (SSSR count). The van der Waals surface area contributed by atoms with Crippen molar-refractivity contribution >= 4 is 11.6 Å². The molecule has 36 heavy (non-hydrogen) atoms. The summed E-state index contributed by atoms with van der Waals surface area (Å²) >= 11 is 0. The number of carbonyl (C=O) groups excluding carboxylic acids is 1. The fourth-order valence-corrected chi connectivity index (χ4v) is 5.00. The number of hydrogen-bond acceptors (Lipinski definition) is 3. The van der Waals surface area contributed by atoms with E-state index in [9.17, 15) is 4.79 Å². The summed E-state index contributed by atoms with van der Waals surface area (Å²) in [4.78, 5) is 14.6. The van der Waals surface area contributed by atoms with Gasteiger partial charge in [-0.15, -0.1) is 0 Å². The molecule has 0 radical (unpaired) electrons. The van der Waals surface area contributed by atoms with Crippen LogP contribution in [0.15, 0.2) is 103 Å². The quantitative estimate of drug-likeness (QED) is 0.335. The predicted octanol–water partition coefficient (Wildman–Crippen LogP) is 6.41. The van der Waals surface area contributed by atoms with Gasteiger partial charge in [-0.05, 0) is 46.4 Å². The largest absolute Gasteiger partial charge is 0.487 e. The molecule has 0 saturated heterocycles. The lowest BCUT2D eigenvalue weighted by Crippen LogP contribution is -2.28. The van der Waals surface area contributed by atoms with Crippen LogP contribution in [0.2, 0.25) is 0 Å². The van der Waals surface area contributed by atoms with Crippen LogP contribution in [0.5, 0.6) is 5.75 Å². The highest BCUT2D eigenvalue weighted by Gasteiger charge is 2.26. The van der Waals surface area contributed by atoms with Crippen LogP contribution < -0.4 is 10.1 Å². The molecule has 1 amide bonds. The second-order valence-corrected chi connectivity index (χ2v) is 9.44. The number of amides is 1. The van der Waals surface area contributed by atoms with Crippen molar-refractivity contribution in [1.29, 1.82) is 0 Å². The zero-order valence-electron chi connectivity index (χ0n) is 20.7. The standard InChI is InChI=1S/C32H32N2O2/c1-24(35)33-31-20-29-28(19-32(31)36-23-26-13-7-3-8-14-26)17-18-34(21-25-11-5-2-6-12-25)22-30(29)27-15-9-4-10-16-27/h2-16,19-20,30H,17-18,21-23H2,1H3,(H,33,35). The van der Waals surface area contributed by atoms with E-state index in [2.05, 4.69) is 95.1 Å². The van der Waals surface area contributed by atoms with E-state index in [0.717, 1.165) is 43.1 Å². The summed E-state index contributed by atoms with van der Waals surface area (Å²) in [5.41, 5.74) is 6.96. The minimum atomic E-state index is -0.102. The van der Waals surface area contributed by atoms with Crippen LogP contribution in [0.1, 0.15) is 40.7 Å². The van der Waals surface area contributed by atoms with Crippen molar-refractivity contribution in [2.24, 2.45) is 0 Å². The van der Waals surface area contributed by atoms with Crippen LogP contribution in [0.4, 0.5) is 5.69 Å². The molecule has 1 aliphatic heterocycles. The van der Waals surface area contributed by atoms with Gasteiger partial charge in [0.2, 0.25) is 5.91 Å². The summed E-state index contributed by atoms with van der Waals surface area (Å²) in [6.07, 6.45) is 0.924. The Kier molecular flexibility index (Phi) is 7.44. The Hall–Kier alpha value is -3.89. The monoisotopic (exact) mass is 476 g/mol. The van der Waals surface area contributed by atoms with Gasteiger partial charge in [0, 0.05) is 32.5 Å². The molecular formula is C32H32N2O2. The molecule has 1 heterocycles. The predicted molar refractivity (Wildman–Crippen MR) is 145 cm³/mol. The molecule has 4 nitrogen and oxygen atoms in total. The highest BCUT2D eigenvalue weighted by Crippen LogP contribution is 2.38. The fourth-order valence-electron chi connectivity index (χ4n) is 5.00. The molecule has 1 N–H and O–H groups in total. The third-order valence-electron chi connectivity index (χ3n) is 6.75. The summed E-state index contributed by atoms with van der Waals surface area (Å²) in [7, 11) is 0. The van der Waals surface area contributed by atoms with Gasteiger partial charge in [0.05, 0.1) is 5.69 Å². The number of nitrogens with one attached hydrogen (secondary N) is 1. The molecule has 182 valence electrons. The first-order valence-corrected chi connectivity index (χ1v) is 12.6. The van der Waals surface area contributed by atoms with Crippen LogP contribution in [0, 0.1) is 0 Å². The molecule has 4 aromatic rings. The van der Waals surface area contributed by atoms with Crippen molar-refractivity contribution in [2.75, 3.05) is 18.4 Å². The Morgan fingerprint density at radius 2 is 1.53 bits per heavy atom. The zero-order chi connectivity index (χ0) is 24.7. The summed E-state index contributed by atoms with van der Waals surface area (Å²) in [6.45, 7) is 4.78. The Labute approximate surface area is 213 Å². The molecule has 0 bridgehead atoms. The molecule has 4 aromatic carbocycles. The zero-order valence-corrected chi connectivity index (χ0v) is 20.7. The van der Waals surface area contributed by atoms with Crippen molar-refractivity contribution < 1.29 is 9.53 Å². The van der Waals surface area contributed by atoms with Gasteiger partial charge in [-0.1, -0.05) is 91.0 Å². The molecule has 0 aromatic heterocycles. The maximum Gasteiger partial charge on any atom is 0.221 e.